The zero-order chi connectivity index (χ0) is 14.5. The first-order chi connectivity index (χ1) is 9.61. The lowest BCUT2D eigenvalue weighted by atomic mass is 9.95. The predicted molar refractivity (Wildman–Crippen MR) is 82.3 cm³/mol. The van der Waals surface area contributed by atoms with Crippen molar-refractivity contribution in [2.75, 3.05) is 5.32 Å². The molecule has 2 aromatic carbocycles. The third-order valence-electron chi connectivity index (χ3n) is 3.20. The van der Waals surface area contributed by atoms with Gasteiger partial charge in [-0.15, -0.1) is 0 Å². The number of carbonyl (C=O) groups is 1. The molecule has 20 heavy (non-hydrogen) atoms. The summed E-state index contributed by atoms with van der Waals surface area (Å²) in [6.45, 7) is 4.13. The number of rotatable bonds is 4. The summed E-state index contributed by atoms with van der Waals surface area (Å²) in [5, 5.41) is 11.7. The Balaban J connectivity index is 2.61. The molecule has 0 unspecified atom stereocenters. The summed E-state index contributed by atoms with van der Waals surface area (Å²) in [5.74, 6) is 0. The second kappa shape index (κ2) is 6.24. The van der Waals surface area contributed by atoms with Crippen LogP contribution in [0.1, 0.15) is 24.5 Å². The van der Waals surface area contributed by atoms with Crippen LogP contribution >= 0.6 is 0 Å². The fourth-order valence-electron chi connectivity index (χ4n) is 2.43. The first kappa shape index (κ1) is 14.1. The molecule has 2 N–H and O–H groups in total. The van der Waals surface area contributed by atoms with Crippen LogP contribution in [0.3, 0.4) is 0 Å². The molecule has 104 valence electrons. The maximum Gasteiger partial charge on any atom is 0.409 e. The summed E-state index contributed by atoms with van der Waals surface area (Å²) in [6.07, 6.45) is 0.812. The molecule has 3 heteroatoms. The molecule has 0 saturated carbocycles. The van der Waals surface area contributed by atoms with Crippen molar-refractivity contribution in [3.8, 4) is 11.1 Å². The molecule has 0 aliphatic rings. The zero-order valence-corrected chi connectivity index (χ0v) is 11.8. The van der Waals surface area contributed by atoms with Crippen molar-refractivity contribution >= 4 is 11.8 Å². The van der Waals surface area contributed by atoms with Crippen molar-refractivity contribution in [2.45, 2.75) is 26.7 Å². The number of carboxylic acid groups (broad SMARTS) is 1. The van der Waals surface area contributed by atoms with Crippen LogP contribution in [0, 0.1) is 6.92 Å². The molecule has 2 aromatic rings. The molecule has 0 heterocycles. The van der Waals surface area contributed by atoms with Crippen molar-refractivity contribution in [1.82, 2.24) is 0 Å². The lowest BCUT2D eigenvalue weighted by Gasteiger charge is -2.16. The van der Waals surface area contributed by atoms with Crippen LogP contribution in [0.15, 0.2) is 42.5 Å². The molecule has 0 aliphatic heterocycles. The molecule has 3 nitrogen and oxygen atoms in total. The Morgan fingerprint density at radius 3 is 2.50 bits per heavy atom. The van der Waals surface area contributed by atoms with Gasteiger partial charge in [0.05, 0.1) is 5.69 Å². The number of hydrogen-bond donors (Lipinski definition) is 2. The largest absolute Gasteiger partial charge is 0.465 e. The Bertz CT molecular complexity index is 606. The van der Waals surface area contributed by atoms with E-state index in [0.717, 1.165) is 35.1 Å². The van der Waals surface area contributed by atoms with Crippen LogP contribution in [0.4, 0.5) is 10.5 Å². The van der Waals surface area contributed by atoms with Crippen molar-refractivity contribution in [3.05, 3.63) is 53.6 Å². The summed E-state index contributed by atoms with van der Waals surface area (Å²) in [6, 6.07) is 14.0. The summed E-state index contributed by atoms with van der Waals surface area (Å²) in [5.41, 5.74) is 4.86. The van der Waals surface area contributed by atoms with Gasteiger partial charge in [-0.05, 0) is 30.5 Å². The van der Waals surface area contributed by atoms with E-state index < -0.39 is 6.09 Å². The minimum absolute atomic E-state index is 0.705. The van der Waals surface area contributed by atoms with E-state index in [4.69, 9.17) is 5.11 Å². The van der Waals surface area contributed by atoms with Gasteiger partial charge in [-0.1, -0.05) is 55.3 Å². The molecule has 0 aromatic heterocycles. The number of nitrogens with one attached hydrogen (secondary N) is 1. The van der Waals surface area contributed by atoms with Gasteiger partial charge in [0.1, 0.15) is 0 Å². The topological polar surface area (TPSA) is 49.3 Å². The maximum atomic E-state index is 11.1. The van der Waals surface area contributed by atoms with Gasteiger partial charge in [0.2, 0.25) is 0 Å². The maximum absolute atomic E-state index is 11.1. The summed E-state index contributed by atoms with van der Waals surface area (Å²) in [4.78, 5) is 11.1. The molecule has 0 radical (unpaired) electrons. The van der Waals surface area contributed by atoms with Crippen molar-refractivity contribution in [2.24, 2.45) is 0 Å². The van der Waals surface area contributed by atoms with E-state index >= 15 is 0 Å². The fourth-order valence-corrected chi connectivity index (χ4v) is 2.43. The monoisotopic (exact) mass is 269 g/mol. The number of anilines is 1. The van der Waals surface area contributed by atoms with E-state index in [1.165, 1.54) is 0 Å². The lowest BCUT2D eigenvalue weighted by molar-refractivity contribution is 0.209. The van der Waals surface area contributed by atoms with Gasteiger partial charge < -0.3 is 5.11 Å². The van der Waals surface area contributed by atoms with Gasteiger partial charge in [0.25, 0.3) is 0 Å². The Morgan fingerprint density at radius 1 is 1.20 bits per heavy atom. The highest BCUT2D eigenvalue weighted by Gasteiger charge is 2.13. The lowest BCUT2D eigenvalue weighted by Crippen LogP contribution is -2.11. The van der Waals surface area contributed by atoms with Crippen molar-refractivity contribution < 1.29 is 9.90 Å². The van der Waals surface area contributed by atoms with Crippen molar-refractivity contribution in [1.29, 1.82) is 0 Å². The van der Waals surface area contributed by atoms with Gasteiger partial charge in [-0.2, -0.15) is 0 Å². The third-order valence-corrected chi connectivity index (χ3v) is 3.20. The summed E-state index contributed by atoms with van der Waals surface area (Å²) < 4.78 is 0. The third kappa shape index (κ3) is 3.18. The second-order valence-corrected chi connectivity index (χ2v) is 4.89. The average molecular weight is 269 g/mol. The first-order valence-corrected chi connectivity index (χ1v) is 6.80. The number of amides is 1. The SMILES string of the molecule is CCCc1cc(C)cc(-c2ccccc2)c1NC(=O)O. The number of benzene rings is 2. The van der Waals surface area contributed by atoms with Crippen LogP contribution < -0.4 is 5.32 Å². The normalized spacial score (nSPS) is 10.3. The highest BCUT2D eigenvalue weighted by atomic mass is 16.4. The highest BCUT2D eigenvalue weighted by Crippen LogP contribution is 2.33. The molecule has 2 rings (SSSR count). The highest BCUT2D eigenvalue weighted by molar-refractivity contribution is 5.92. The zero-order valence-electron chi connectivity index (χ0n) is 11.8. The average Bonchev–Trinajstić information content (AvgIpc) is 2.42. The molecular formula is C17H19NO2. The molecule has 0 atom stereocenters. The Kier molecular flexibility index (Phi) is 4.41. The number of hydrogen-bond acceptors (Lipinski definition) is 1. The Morgan fingerprint density at radius 2 is 1.90 bits per heavy atom. The minimum Gasteiger partial charge on any atom is -0.465 e. The summed E-state index contributed by atoms with van der Waals surface area (Å²) in [7, 11) is 0. The molecule has 0 spiro atoms. The van der Waals surface area contributed by atoms with Gasteiger partial charge in [-0.3, -0.25) is 5.32 Å². The van der Waals surface area contributed by atoms with Gasteiger partial charge >= 0.3 is 6.09 Å². The van der Waals surface area contributed by atoms with Crippen LogP contribution in [-0.2, 0) is 6.42 Å². The Labute approximate surface area is 119 Å². The molecular weight excluding hydrogens is 250 g/mol. The van der Waals surface area contributed by atoms with Gasteiger partial charge in [0.15, 0.2) is 0 Å². The van der Waals surface area contributed by atoms with E-state index in [2.05, 4.69) is 18.3 Å². The van der Waals surface area contributed by atoms with Crippen LogP contribution in [0.5, 0.6) is 0 Å². The quantitative estimate of drug-likeness (QED) is 0.844. The van der Waals surface area contributed by atoms with Crippen LogP contribution in [0.25, 0.3) is 11.1 Å². The van der Waals surface area contributed by atoms with Gasteiger partial charge in [0, 0.05) is 5.56 Å². The Hall–Kier alpha value is -2.29. The fraction of sp³-hybridized carbons (Fsp3) is 0.235. The minimum atomic E-state index is -1.02. The van der Waals surface area contributed by atoms with Crippen molar-refractivity contribution in [3.63, 3.8) is 0 Å². The first-order valence-electron chi connectivity index (χ1n) is 6.80. The van der Waals surface area contributed by atoms with E-state index in [1.54, 1.807) is 0 Å². The molecule has 0 aliphatic carbocycles. The van der Waals surface area contributed by atoms with Crippen LogP contribution in [0.2, 0.25) is 0 Å². The molecule has 0 saturated heterocycles. The van der Waals surface area contributed by atoms with E-state index in [-0.39, 0.29) is 0 Å². The molecule has 1 amide bonds. The second-order valence-electron chi connectivity index (χ2n) is 4.89. The van der Waals surface area contributed by atoms with E-state index in [9.17, 15) is 4.79 Å². The van der Waals surface area contributed by atoms with E-state index in [1.807, 2.05) is 43.3 Å². The van der Waals surface area contributed by atoms with Gasteiger partial charge in [-0.25, -0.2) is 4.79 Å². The van der Waals surface area contributed by atoms with Crippen LogP contribution in [-0.4, -0.2) is 11.2 Å². The predicted octanol–water partition coefficient (Wildman–Crippen LogP) is 4.70. The molecule has 0 bridgehead atoms. The summed E-state index contributed by atoms with van der Waals surface area (Å²) >= 11 is 0. The smallest absolute Gasteiger partial charge is 0.409 e. The standard InChI is InChI=1S/C17H19NO2/c1-3-7-14-10-12(2)11-15(16(14)18-17(19)20)13-8-5-4-6-9-13/h4-6,8-11,18H,3,7H2,1-2H3,(H,19,20). The van der Waals surface area contributed by atoms with E-state index in [0.29, 0.717) is 5.69 Å². The molecule has 0 fully saturated rings. The number of aryl methyl sites for hydroxylation is 2.